The number of benzene rings is 2. The van der Waals surface area contributed by atoms with Crippen molar-refractivity contribution in [3.63, 3.8) is 0 Å². The van der Waals surface area contributed by atoms with E-state index in [0.717, 1.165) is 12.0 Å². The van der Waals surface area contributed by atoms with Crippen LogP contribution in [0.3, 0.4) is 0 Å². The van der Waals surface area contributed by atoms with Gasteiger partial charge in [0.05, 0.1) is 7.11 Å². The minimum atomic E-state index is -4.17. The van der Waals surface area contributed by atoms with Crippen molar-refractivity contribution in [2.75, 3.05) is 12.4 Å². The fourth-order valence-corrected chi connectivity index (χ4v) is 4.35. The molecule has 0 saturated heterocycles. The highest BCUT2D eigenvalue weighted by molar-refractivity contribution is 7.87. The molecule has 1 N–H and O–H groups in total. The molecule has 0 heterocycles. The number of nitrogens with one attached hydrogen (secondary N) is 1. The highest BCUT2D eigenvalue weighted by Gasteiger charge is 2.25. The second-order valence-corrected chi connectivity index (χ2v) is 11.3. The molecule has 0 saturated carbocycles. The Bertz CT molecular complexity index is 1140. The summed E-state index contributed by atoms with van der Waals surface area (Å²) in [4.78, 5) is 26.0. The van der Waals surface area contributed by atoms with Crippen LogP contribution < -0.4 is 14.2 Å². The Kier molecular flexibility index (Phi) is 9.31. The fourth-order valence-electron chi connectivity index (χ4n) is 3.42. The van der Waals surface area contributed by atoms with Crippen molar-refractivity contribution in [3.8, 4) is 11.5 Å². The normalized spacial score (nSPS) is 12.5. The number of ether oxygens (including phenoxy) is 1. The maximum atomic E-state index is 13.0. The lowest BCUT2D eigenvalue weighted by atomic mass is 9.91. The molecule has 2 amide bonds. The summed E-state index contributed by atoms with van der Waals surface area (Å²) in [6.45, 7) is 11.8. The topological polar surface area (TPSA) is 102 Å². The van der Waals surface area contributed by atoms with Crippen LogP contribution in [0, 0.1) is 5.41 Å². The highest BCUT2D eigenvalue weighted by atomic mass is 32.2. The van der Waals surface area contributed by atoms with E-state index in [-0.39, 0.29) is 39.7 Å². The summed E-state index contributed by atoms with van der Waals surface area (Å²) in [5.41, 5.74) is 1.04. The van der Waals surface area contributed by atoms with Crippen LogP contribution in [-0.4, -0.2) is 38.3 Å². The summed E-state index contributed by atoms with van der Waals surface area (Å²) in [5.74, 6) is 0.0643. The molecule has 0 fully saturated rings. The average molecular weight is 505 g/mol. The first-order chi connectivity index (χ1) is 16.3. The molecule has 0 bridgehead atoms. The number of amides is 2. The molecule has 2 aromatic carbocycles. The number of hydrogen-bond acceptors (Lipinski definition) is 6. The maximum Gasteiger partial charge on any atom is 0.339 e. The van der Waals surface area contributed by atoms with E-state index in [0.29, 0.717) is 18.7 Å². The van der Waals surface area contributed by atoms with Crippen LogP contribution in [0.5, 0.6) is 11.5 Å². The van der Waals surface area contributed by atoms with Gasteiger partial charge in [0.15, 0.2) is 11.5 Å². The molecule has 35 heavy (non-hydrogen) atoms. The van der Waals surface area contributed by atoms with Crippen LogP contribution in [0.2, 0.25) is 0 Å². The van der Waals surface area contributed by atoms with E-state index < -0.39 is 10.1 Å². The van der Waals surface area contributed by atoms with Crippen LogP contribution in [-0.2, 0) is 26.3 Å². The quantitative estimate of drug-likeness (QED) is 0.458. The third-order valence-electron chi connectivity index (χ3n) is 5.37. The first kappa shape index (κ1) is 28.2. The highest BCUT2D eigenvalue weighted by Crippen LogP contribution is 2.32. The lowest BCUT2D eigenvalue weighted by Gasteiger charge is -2.31. The van der Waals surface area contributed by atoms with Crippen LogP contribution in [0.25, 0.3) is 0 Å². The predicted molar refractivity (Wildman–Crippen MR) is 136 cm³/mol. The van der Waals surface area contributed by atoms with Gasteiger partial charge in [-0.15, -0.1) is 0 Å². The molecular formula is C26H36N2O6S. The lowest BCUT2D eigenvalue weighted by molar-refractivity contribution is -0.136. The van der Waals surface area contributed by atoms with Crippen molar-refractivity contribution in [1.29, 1.82) is 0 Å². The number of nitrogens with zero attached hydrogens (tertiary/aromatic N) is 1. The SMILES string of the molecule is CC[C@H](C)N(Cc1ccc(OC)c(OS(=O)(=O)c2ccc(NC(C)=O)cc2)c1)C(=O)CC(C)(C)C. The third kappa shape index (κ3) is 8.28. The number of methoxy groups -OCH3 is 1. The predicted octanol–water partition coefficient (Wildman–Crippen LogP) is 4.98. The molecule has 9 heteroatoms. The molecule has 192 valence electrons. The van der Waals surface area contributed by atoms with Gasteiger partial charge in [0, 0.05) is 31.6 Å². The van der Waals surface area contributed by atoms with Gasteiger partial charge in [0.25, 0.3) is 0 Å². The van der Waals surface area contributed by atoms with Crippen LogP contribution in [0.4, 0.5) is 5.69 Å². The van der Waals surface area contributed by atoms with Crippen molar-refractivity contribution in [3.05, 3.63) is 48.0 Å². The van der Waals surface area contributed by atoms with E-state index >= 15 is 0 Å². The average Bonchev–Trinajstić information content (AvgIpc) is 2.75. The zero-order valence-corrected chi connectivity index (χ0v) is 22.4. The molecule has 8 nitrogen and oxygen atoms in total. The van der Waals surface area contributed by atoms with Gasteiger partial charge in [-0.2, -0.15) is 8.42 Å². The number of anilines is 1. The molecule has 0 aliphatic heterocycles. The Hall–Kier alpha value is -3.07. The van der Waals surface area contributed by atoms with Gasteiger partial charge in [-0.1, -0.05) is 33.8 Å². The molecule has 1 atom stereocenters. The third-order valence-corrected chi connectivity index (χ3v) is 6.62. The van der Waals surface area contributed by atoms with Crippen molar-refractivity contribution in [2.24, 2.45) is 5.41 Å². The second kappa shape index (κ2) is 11.6. The van der Waals surface area contributed by atoms with Crippen LogP contribution >= 0.6 is 0 Å². The summed E-state index contributed by atoms with van der Waals surface area (Å²) in [6.07, 6.45) is 1.19. The largest absolute Gasteiger partial charge is 0.493 e. The van der Waals surface area contributed by atoms with Crippen molar-refractivity contribution < 1.29 is 26.9 Å². The fraction of sp³-hybridized carbons (Fsp3) is 0.462. The molecule has 0 spiro atoms. The molecule has 0 radical (unpaired) electrons. The van der Waals surface area contributed by atoms with E-state index in [2.05, 4.69) is 5.32 Å². The standard InChI is InChI=1S/C26H36N2O6S/c1-8-18(2)28(25(30)16-26(4,5)6)17-20-9-14-23(33-7)24(15-20)34-35(31,32)22-12-10-21(11-13-22)27-19(3)29/h9-15,18H,8,16-17H2,1-7H3,(H,27,29)/t18-/m0/s1. The van der Waals surface area contributed by atoms with Gasteiger partial charge in [-0.25, -0.2) is 0 Å². The van der Waals surface area contributed by atoms with Gasteiger partial charge in [-0.3, -0.25) is 9.59 Å². The second-order valence-electron chi connectivity index (χ2n) is 9.74. The van der Waals surface area contributed by atoms with Crippen molar-refractivity contribution >= 4 is 27.6 Å². The molecule has 0 aliphatic carbocycles. The maximum absolute atomic E-state index is 13.0. The zero-order valence-electron chi connectivity index (χ0n) is 21.5. The zero-order chi connectivity index (χ0) is 26.4. The van der Waals surface area contributed by atoms with E-state index in [1.54, 1.807) is 18.2 Å². The Morgan fingerprint density at radius 1 is 1.06 bits per heavy atom. The Labute approximate surface area is 208 Å². The summed E-state index contributed by atoms with van der Waals surface area (Å²) >= 11 is 0. The van der Waals surface area contributed by atoms with Gasteiger partial charge >= 0.3 is 10.1 Å². The van der Waals surface area contributed by atoms with Crippen LogP contribution in [0.1, 0.15) is 59.9 Å². The minimum absolute atomic E-state index is 0.0159. The molecule has 0 unspecified atom stereocenters. The molecule has 2 rings (SSSR count). The van der Waals surface area contributed by atoms with Gasteiger partial charge < -0.3 is 19.1 Å². The Morgan fingerprint density at radius 3 is 2.20 bits per heavy atom. The van der Waals surface area contributed by atoms with Gasteiger partial charge in [0.2, 0.25) is 11.8 Å². The van der Waals surface area contributed by atoms with Gasteiger partial charge in [-0.05, 0) is 60.7 Å². The summed E-state index contributed by atoms with van der Waals surface area (Å²) in [6, 6.07) is 10.7. The summed E-state index contributed by atoms with van der Waals surface area (Å²) in [5, 5.41) is 2.59. The van der Waals surface area contributed by atoms with E-state index in [9.17, 15) is 18.0 Å². The molecule has 2 aromatic rings. The number of rotatable bonds is 10. The van der Waals surface area contributed by atoms with E-state index in [1.807, 2.05) is 39.5 Å². The van der Waals surface area contributed by atoms with Crippen LogP contribution in [0.15, 0.2) is 47.4 Å². The summed E-state index contributed by atoms with van der Waals surface area (Å²) < 4.78 is 36.6. The Balaban J connectivity index is 2.32. The monoisotopic (exact) mass is 504 g/mol. The molecular weight excluding hydrogens is 468 g/mol. The summed E-state index contributed by atoms with van der Waals surface area (Å²) in [7, 11) is -2.75. The minimum Gasteiger partial charge on any atom is -0.493 e. The first-order valence-electron chi connectivity index (χ1n) is 11.5. The van der Waals surface area contributed by atoms with Crippen molar-refractivity contribution in [2.45, 2.75) is 71.9 Å². The first-order valence-corrected chi connectivity index (χ1v) is 12.9. The van der Waals surface area contributed by atoms with Crippen molar-refractivity contribution in [1.82, 2.24) is 4.90 Å². The Morgan fingerprint density at radius 2 is 1.69 bits per heavy atom. The lowest BCUT2D eigenvalue weighted by Crippen LogP contribution is -2.39. The smallest absolute Gasteiger partial charge is 0.339 e. The number of hydrogen-bond donors (Lipinski definition) is 1. The van der Waals surface area contributed by atoms with E-state index in [1.165, 1.54) is 38.3 Å². The number of carbonyl (C=O) groups is 2. The number of carbonyl (C=O) groups excluding carboxylic acids is 2. The molecule has 0 aliphatic rings. The van der Waals surface area contributed by atoms with E-state index in [4.69, 9.17) is 8.92 Å². The van der Waals surface area contributed by atoms with Gasteiger partial charge in [0.1, 0.15) is 4.90 Å². The molecule has 0 aromatic heterocycles.